The zero-order chi connectivity index (χ0) is 14.6. The lowest BCUT2D eigenvalue weighted by molar-refractivity contribution is -0.137. The summed E-state index contributed by atoms with van der Waals surface area (Å²) in [4.78, 5) is 10.4. The molecule has 0 spiro atoms. The summed E-state index contributed by atoms with van der Waals surface area (Å²) in [6, 6.07) is 7.00. The molecule has 1 aliphatic heterocycles. The van der Waals surface area contributed by atoms with Gasteiger partial charge in [-0.1, -0.05) is 18.2 Å². The van der Waals surface area contributed by atoms with Crippen molar-refractivity contribution in [3.63, 3.8) is 0 Å². The molecule has 0 saturated heterocycles. The Morgan fingerprint density at radius 1 is 1.40 bits per heavy atom. The maximum atomic E-state index is 11.9. The van der Waals surface area contributed by atoms with Gasteiger partial charge in [0.2, 0.25) is 10.0 Å². The van der Waals surface area contributed by atoms with Crippen LogP contribution in [-0.4, -0.2) is 31.9 Å². The fourth-order valence-corrected chi connectivity index (χ4v) is 3.47. The second-order valence-corrected chi connectivity index (χ2v) is 6.54. The minimum atomic E-state index is -3.49. The molecule has 0 aromatic heterocycles. The zero-order valence-corrected chi connectivity index (χ0v) is 11.7. The van der Waals surface area contributed by atoms with Crippen molar-refractivity contribution < 1.29 is 23.1 Å². The topological polar surface area (TPSA) is 92.7 Å². The van der Waals surface area contributed by atoms with Crippen molar-refractivity contribution in [2.24, 2.45) is 0 Å². The Morgan fingerprint density at radius 3 is 2.90 bits per heavy atom. The van der Waals surface area contributed by atoms with Gasteiger partial charge in [0.15, 0.2) is 0 Å². The number of hydrogen-bond acceptors (Lipinski definition) is 4. The van der Waals surface area contributed by atoms with Crippen LogP contribution in [0.3, 0.4) is 0 Å². The molecule has 20 heavy (non-hydrogen) atoms. The summed E-state index contributed by atoms with van der Waals surface area (Å²) in [5.41, 5.74) is 0.820. The second kappa shape index (κ2) is 6.23. The van der Waals surface area contributed by atoms with E-state index in [4.69, 9.17) is 9.84 Å². The van der Waals surface area contributed by atoms with E-state index in [0.717, 1.165) is 5.56 Å². The van der Waals surface area contributed by atoms with Gasteiger partial charge in [-0.3, -0.25) is 4.79 Å². The van der Waals surface area contributed by atoms with Crippen LogP contribution in [0.1, 0.15) is 30.9 Å². The first-order valence-electron chi connectivity index (χ1n) is 6.41. The number of aliphatic carboxylic acids is 1. The molecule has 7 heteroatoms. The minimum Gasteiger partial charge on any atom is -0.493 e. The van der Waals surface area contributed by atoms with Gasteiger partial charge in [0.25, 0.3) is 0 Å². The Kier molecular flexibility index (Phi) is 4.61. The van der Waals surface area contributed by atoms with Crippen LogP contribution in [0.15, 0.2) is 24.3 Å². The number of para-hydroxylation sites is 1. The molecule has 0 aliphatic carbocycles. The quantitative estimate of drug-likeness (QED) is 0.826. The number of sulfonamides is 1. The number of carboxylic acid groups (broad SMARTS) is 1. The number of nitrogens with one attached hydrogen (secondary N) is 1. The largest absolute Gasteiger partial charge is 0.493 e. The van der Waals surface area contributed by atoms with Crippen molar-refractivity contribution >= 4 is 16.0 Å². The molecule has 1 aliphatic rings. The van der Waals surface area contributed by atoms with Crippen LogP contribution < -0.4 is 9.46 Å². The molecule has 2 rings (SSSR count). The summed E-state index contributed by atoms with van der Waals surface area (Å²) in [6.45, 7) is 0.458. The van der Waals surface area contributed by atoms with Crippen LogP contribution >= 0.6 is 0 Å². The molecule has 1 unspecified atom stereocenters. The van der Waals surface area contributed by atoms with E-state index in [-0.39, 0.29) is 24.6 Å². The van der Waals surface area contributed by atoms with Gasteiger partial charge in [-0.05, 0) is 12.5 Å². The highest BCUT2D eigenvalue weighted by molar-refractivity contribution is 7.89. The smallest absolute Gasteiger partial charge is 0.303 e. The van der Waals surface area contributed by atoms with E-state index in [1.165, 1.54) is 0 Å². The van der Waals surface area contributed by atoms with Gasteiger partial charge >= 0.3 is 5.97 Å². The zero-order valence-electron chi connectivity index (χ0n) is 10.9. The number of benzene rings is 1. The monoisotopic (exact) mass is 299 g/mol. The molecule has 0 amide bonds. The van der Waals surface area contributed by atoms with E-state index in [2.05, 4.69) is 4.72 Å². The third kappa shape index (κ3) is 3.94. The standard InChI is InChI=1S/C13H17NO5S/c15-13(16)6-3-9-20(17,18)14-11-7-8-19-12-5-2-1-4-10(11)12/h1-2,4-5,11,14H,3,6-9H2,(H,15,16). The molecule has 0 bridgehead atoms. The molecule has 1 aromatic rings. The van der Waals surface area contributed by atoms with E-state index in [0.29, 0.717) is 18.8 Å². The van der Waals surface area contributed by atoms with Crippen molar-refractivity contribution in [2.75, 3.05) is 12.4 Å². The van der Waals surface area contributed by atoms with Crippen LogP contribution in [0.25, 0.3) is 0 Å². The molecule has 1 aromatic carbocycles. The van der Waals surface area contributed by atoms with Gasteiger partial charge in [-0.2, -0.15) is 0 Å². The predicted octanol–water partition coefficient (Wildman–Crippen LogP) is 1.29. The number of carbonyl (C=O) groups is 1. The normalized spacial score (nSPS) is 18.1. The summed E-state index contributed by atoms with van der Waals surface area (Å²) in [6.07, 6.45) is 0.524. The van der Waals surface area contributed by atoms with Gasteiger partial charge in [0.1, 0.15) is 5.75 Å². The van der Waals surface area contributed by atoms with Crippen molar-refractivity contribution in [1.29, 1.82) is 0 Å². The number of hydrogen-bond donors (Lipinski definition) is 2. The molecule has 1 atom stereocenters. The Balaban J connectivity index is 2.01. The fourth-order valence-electron chi connectivity index (χ4n) is 2.15. The molecule has 0 radical (unpaired) electrons. The Morgan fingerprint density at radius 2 is 2.15 bits per heavy atom. The summed E-state index contributed by atoms with van der Waals surface area (Å²) in [5, 5.41) is 8.53. The van der Waals surface area contributed by atoms with Gasteiger partial charge in [-0.15, -0.1) is 0 Å². The molecule has 1 heterocycles. The number of rotatable bonds is 6. The summed E-state index contributed by atoms with van der Waals surface area (Å²) >= 11 is 0. The third-order valence-corrected chi connectivity index (χ3v) is 4.55. The summed E-state index contributed by atoms with van der Waals surface area (Å²) in [5.74, 6) is -0.479. The maximum Gasteiger partial charge on any atom is 0.303 e. The van der Waals surface area contributed by atoms with Crippen molar-refractivity contribution in [1.82, 2.24) is 4.72 Å². The second-order valence-electron chi connectivity index (χ2n) is 4.66. The number of carboxylic acids is 1. The van der Waals surface area contributed by atoms with Crippen LogP contribution in [0.5, 0.6) is 5.75 Å². The molecular weight excluding hydrogens is 282 g/mol. The molecule has 0 fully saturated rings. The predicted molar refractivity (Wildman–Crippen MR) is 73.1 cm³/mol. The lowest BCUT2D eigenvalue weighted by atomic mass is 10.0. The fraction of sp³-hybridized carbons (Fsp3) is 0.462. The highest BCUT2D eigenvalue weighted by Gasteiger charge is 2.25. The molecule has 0 saturated carbocycles. The van der Waals surface area contributed by atoms with E-state index in [9.17, 15) is 13.2 Å². The van der Waals surface area contributed by atoms with Gasteiger partial charge < -0.3 is 9.84 Å². The van der Waals surface area contributed by atoms with E-state index in [1.807, 2.05) is 18.2 Å². The number of fused-ring (bicyclic) bond motifs is 1. The minimum absolute atomic E-state index is 0.107. The van der Waals surface area contributed by atoms with Crippen LogP contribution in [0.4, 0.5) is 0 Å². The van der Waals surface area contributed by atoms with Crippen molar-refractivity contribution in [2.45, 2.75) is 25.3 Å². The van der Waals surface area contributed by atoms with E-state index in [1.54, 1.807) is 6.07 Å². The van der Waals surface area contributed by atoms with Crippen LogP contribution in [0, 0.1) is 0 Å². The SMILES string of the molecule is O=C(O)CCCS(=O)(=O)NC1CCOc2ccccc21. The van der Waals surface area contributed by atoms with Crippen LogP contribution in [0.2, 0.25) is 0 Å². The number of ether oxygens (including phenoxy) is 1. The lowest BCUT2D eigenvalue weighted by Gasteiger charge is -2.26. The average Bonchev–Trinajstić information content (AvgIpc) is 2.38. The molecule has 6 nitrogen and oxygen atoms in total. The molecule has 2 N–H and O–H groups in total. The van der Waals surface area contributed by atoms with Gasteiger partial charge in [-0.25, -0.2) is 13.1 Å². The Labute approximate surface area is 117 Å². The summed E-state index contributed by atoms with van der Waals surface area (Å²) in [7, 11) is -3.49. The maximum absolute atomic E-state index is 11.9. The first kappa shape index (κ1) is 14.8. The van der Waals surface area contributed by atoms with Gasteiger partial charge in [0, 0.05) is 18.4 Å². The van der Waals surface area contributed by atoms with Crippen molar-refractivity contribution in [3.05, 3.63) is 29.8 Å². The van der Waals surface area contributed by atoms with E-state index < -0.39 is 16.0 Å². The van der Waals surface area contributed by atoms with Crippen molar-refractivity contribution in [3.8, 4) is 5.75 Å². The Hall–Kier alpha value is -1.60. The Bertz CT molecular complexity index is 584. The summed E-state index contributed by atoms with van der Waals surface area (Å²) < 4.78 is 32.0. The average molecular weight is 299 g/mol. The van der Waals surface area contributed by atoms with Crippen LogP contribution in [-0.2, 0) is 14.8 Å². The van der Waals surface area contributed by atoms with E-state index >= 15 is 0 Å². The highest BCUT2D eigenvalue weighted by atomic mass is 32.2. The first-order chi connectivity index (χ1) is 9.48. The lowest BCUT2D eigenvalue weighted by Crippen LogP contribution is -2.33. The van der Waals surface area contributed by atoms with Gasteiger partial charge in [0.05, 0.1) is 18.4 Å². The molecule has 110 valence electrons. The third-order valence-electron chi connectivity index (χ3n) is 3.08. The first-order valence-corrected chi connectivity index (χ1v) is 8.07. The molecular formula is C13H17NO5S. The highest BCUT2D eigenvalue weighted by Crippen LogP contribution is 2.31.